The van der Waals surface area contributed by atoms with Gasteiger partial charge in [-0.25, -0.2) is 13.1 Å². The van der Waals surface area contributed by atoms with Gasteiger partial charge in [-0.05, 0) is 38.0 Å². The van der Waals surface area contributed by atoms with E-state index < -0.39 is 10.0 Å². The Labute approximate surface area is 138 Å². The van der Waals surface area contributed by atoms with Crippen molar-refractivity contribution in [2.24, 2.45) is 7.05 Å². The van der Waals surface area contributed by atoms with Gasteiger partial charge in [-0.3, -0.25) is 4.68 Å². The Bertz CT molecular complexity index is 777. The number of aryl methyl sites for hydroxylation is 2. The van der Waals surface area contributed by atoms with Crippen LogP contribution in [0.2, 0.25) is 0 Å². The standard InChI is InChI=1S/C16H24N4O2S/c1-12-16(13(2)20(5)18-12)23(21,22)17-11-10-14-6-8-15(9-7-14)19(3)4/h6-9,17H,10-11H2,1-5H3. The first-order valence-corrected chi connectivity index (χ1v) is 8.97. The zero-order valence-corrected chi connectivity index (χ0v) is 15.1. The molecular weight excluding hydrogens is 312 g/mol. The van der Waals surface area contributed by atoms with Crippen LogP contribution in [0.5, 0.6) is 0 Å². The Kier molecular flexibility index (Phi) is 5.11. The molecule has 0 saturated heterocycles. The summed E-state index contributed by atoms with van der Waals surface area (Å²) in [7, 11) is 2.19. The number of hydrogen-bond donors (Lipinski definition) is 1. The normalized spacial score (nSPS) is 11.7. The quantitative estimate of drug-likeness (QED) is 0.870. The number of benzene rings is 1. The Morgan fingerprint density at radius 3 is 2.26 bits per heavy atom. The van der Waals surface area contributed by atoms with Crippen LogP contribution in [-0.2, 0) is 23.5 Å². The van der Waals surface area contributed by atoms with Gasteiger partial charge in [0.2, 0.25) is 10.0 Å². The van der Waals surface area contributed by atoms with Gasteiger partial charge >= 0.3 is 0 Å². The average Bonchev–Trinajstić information content (AvgIpc) is 2.73. The molecule has 1 aromatic heterocycles. The molecule has 0 aliphatic heterocycles. The first kappa shape index (κ1) is 17.5. The summed E-state index contributed by atoms with van der Waals surface area (Å²) in [5, 5.41) is 4.16. The predicted octanol–water partition coefficient (Wildman–Crippen LogP) is 1.62. The summed E-state index contributed by atoms with van der Waals surface area (Å²) >= 11 is 0. The van der Waals surface area contributed by atoms with Crippen LogP contribution in [0.15, 0.2) is 29.2 Å². The molecule has 7 heteroatoms. The van der Waals surface area contributed by atoms with Crippen molar-refractivity contribution in [2.75, 3.05) is 25.5 Å². The van der Waals surface area contributed by atoms with E-state index in [1.165, 1.54) is 0 Å². The molecule has 0 atom stereocenters. The number of hydrogen-bond acceptors (Lipinski definition) is 4. The van der Waals surface area contributed by atoms with Crippen LogP contribution in [0.25, 0.3) is 0 Å². The number of nitrogens with one attached hydrogen (secondary N) is 1. The van der Waals surface area contributed by atoms with Gasteiger partial charge in [-0.2, -0.15) is 5.10 Å². The minimum absolute atomic E-state index is 0.281. The van der Waals surface area contributed by atoms with E-state index in [0.717, 1.165) is 11.3 Å². The van der Waals surface area contributed by atoms with E-state index in [0.29, 0.717) is 24.4 Å². The zero-order chi connectivity index (χ0) is 17.2. The lowest BCUT2D eigenvalue weighted by Gasteiger charge is -2.13. The van der Waals surface area contributed by atoms with Crippen molar-refractivity contribution >= 4 is 15.7 Å². The van der Waals surface area contributed by atoms with Crippen LogP contribution in [0.4, 0.5) is 5.69 Å². The molecule has 0 aliphatic carbocycles. The third-order valence-electron chi connectivity index (χ3n) is 3.87. The van der Waals surface area contributed by atoms with E-state index in [2.05, 4.69) is 9.82 Å². The summed E-state index contributed by atoms with van der Waals surface area (Å²) in [6, 6.07) is 8.09. The average molecular weight is 336 g/mol. The Hall–Kier alpha value is -1.86. The molecule has 0 aliphatic rings. The van der Waals surface area contributed by atoms with Crippen LogP contribution in [0.3, 0.4) is 0 Å². The molecule has 0 spiro atoms. The molecular formula is C16H24N4O2S. The number of aromatic nitrogens is 2. The Balaban J connectivity index is 2.02. The fraction of sp³-hybridized carbons (Fsp3) is 0.438. The van der Waals surface area contributed by atoms with Crippen LogP contribution in [-0.4, -0.2) is 38.8 Å². The maximum absolute atomic E-state index is 12.4. The highest BCUT2D eigenvalue weighted by atomic mass is 32.2. The molecule has 1 heterocycles. The molecule has 1 N–H and O–H groups in total. The van der Waals surface area contributed by atoms with Crippen LogP contribution >= 0.6 is 0 Å². The molecule has 0 amide bonds. The minimum atomic E-state index is -3.53. The lowest BCUT2D eigenvalue weighted by atomic mass is 10.1. The van der Waals surface area contributed by atoms with E-state index in [9.17, 15) is 8.42 Å². The van der Waals surface area contributed by atoms with Crippen molar-refractivity contribution in [2.45, 2.75) is 25.2 Å². The largest absolute Gasteiger partial charge is 0.378 e. The summed E-state index contributed by atoms with van der Waals surface area (Å²) < 4.78 is 29.2. The maximum atomic E-state index is 12.4. The third kappa shape index (κ3) is 3.92. The van der Waals surface area contributed by atoms with Crippen molar-refractivity contribution in [3.05, 3.63) is 41.2 Å². The molecule has 0 unspecified atom stereocenters. The second kappa shape index (κ2) is 6.72. The van der Waals surface area contributed by atoms with E-state index in [1.807, 2.05) is 43.3 Å². The first-order valence-electron chi connectivity index (χ1n) is 7.48. The third-order valence-corrected chi connectivity index (χ3v) is 5.58. The van der Waals surface area contributed by atoms with Crippen molar-refractivity contribution < 1.29 is 8.42 Å². The highest BCUT2D eigenvalue weighted by molar-refractivity contribution is 7.89. The number of rotatable bonds is 6. The summed E-state index contributed by atoms with van der Waals surface area (Å²) in [6.07, 6.45) is 0.644. The number of nitrogens with zero attached hydrogens (tertiary/aromatic N) is 3. The molecule has 126 valence electrons. The van der Waals surface area contributed by atoms with Gasteiger partial charge in [-0.1, -0.05) is 12.1 Å². The molecule has 1 aromatic carbocycles. The molecule has 2 rings (SSSR count). The second-order valence-electron chi connectivity index (χ2n) is 5.83. The minimum Gasteiger partial charge on any atom is -0.378 e. The maximum Gasteiger partial charge on any atom is 0.244 e. The van der Waals surface area contributed by atoms with Crippen molar-refractivity contribution in [1.29, 1.82) is 0 Å². The first-order chi connectivity index (χ1) is 10.7. The lowest BCUT2D eigenvalue weighted by molar-refractivity contribution is 0.580. The number of anilines is 1. The summed E-state index contributed by atoms with van der Waals surface area (Å²) in [5.74, 6) is 0. The highest BCUT2D eigenvalue weighted by Gasteiger charge is 2.23. The number of sulfonamides is 1. The van der Waals surface area contributed by atoms with E-state index in [1.54, 1.807) is 25.6 Å². The molecule has 0 bridgehead atoms. The smallest absolute Gasteiger partial charge is 0.244 e. The molecule has 0 saturated carbocycles. The fourth-order valence-electron chi connectivity index (χ4n) is 2.51. The molecule has 0 fully saturated rings. The molecule has 6 nitrogen and oxygen atoms in total. The van der Waals surface area contributed by atoms with Crippen molar-refractivity contribution in [3.63, 3.8) is 0 Å². The van der Waals surface area contributed by atoms with Crippen LogP contribution in [0.1, 0.15) is 17.0 Å². The van der Waals surface area contributed by atoms with Crippen molar-refractivity contribution in [1.82, 2.24) is 14.5 Å². The lowest BCUT2D eigenvalue weighted by Crippen LogP contribution is -2.27. The molecule has 23 heavy (non-hydrogen) atoms. The van der Waals surface area contributed by atoms with E-state index >= 15 is 0 Å². The van der Waals surface area contributed by atoms with Gasteiger partial charge in [0.1, 0.15) is 4.90 Å². The van der Waals surface area contributed by atoms with Crippen molar-refractivity contribution in [3.8, 4) is 0 Å². The van der Waals surface area contributed by atoms with Gasteiger partial charge in [0, 0.05) is 33.4 Å². The van der Waals surface area contributed by atoms with Gasteiger partial charge in [0.25, 0.3) is 0 Å². The fourth-order valence-corrected chi connectivity index (χ4v) is 3.97. The summed E-state index contributed by atoms with van der Waals surface area (Å²) in [4.78, 5) is 2.31. The van der Waals surface area contributed by atoms with Gasteiger partial charge in [-0.15, -0.1) is 0 Å². The van der Waals surface area contributed by atoms with Gasteiger partial charge in [0.05, 0.1) is 11.4 Å². The Morgan fingerprint density at radius 1 is 1.17 bits per heavy atom. The SMILES string of the molecule is Cc1nn(C)c(C)c1S(=O)(=O)NCCc1ccc(N(C)C)cc1. The van der Waals surface area contributed by atoms with Gasteiger partial charge in [0.15, 0.2) is 0 Å². The van der Waals surface area contributed by atoms with E-state index in [-0.39, 0.29) is 4.90 Å². The molecule has 0 radical (unpaired) electrons. The van der Waals surface area contributed by atoms with Gasteiger partial charge < -0.3 is 4.90 Å². The molecule has 2 aromatic rings. The summed E-state index contributed by atoms with van der Waals surface area (Å²) in [5.41, 5.74) is 3.38. The van der Waals surface area contributed by atoms with Crippen LogP contribution in [0, 0.1) is 13.8 Å². The van der Waals surface area contributed by atoms with E-state index in [4.69, 9.17) is 0 Å². The predicted molar refractivity (Wildman–Crippen MR) is 92.3 cm³/mol. The zero-order valence-electron chi connectivity index (χ0n) is 14.3. The Morgan fingerprint density at radius 2 is 1.78 bits per heavy atom. The second-order valence-corrected chi connectivity index (χ2v) is 7.54. The topological polar surface area (TPSA) is 67.2 Å². The van der Waals surface area contributed by atoms with Crippen LogP contribution < -0.4 is 9.62 Å². The monoisotopic (exact) mass is 336 g/mol. The summed E-state index contributed by atoms with van der Waals surface area (Å²) in [6.45, 7) is 3.83. The highest BCUT2D eigenvalue weighted by Crippen LogP contribution is 2.18.